The molecule has 0 unspecified atom stereocenters. The second kappa shape index (κ2) is 6.70. The van der Waals surface area contributed by atoms with Gasteiger partial charge in [-0.3, -0.25) is 4.79 Å². The molecule has 0 aromatic carbocycles. The van der Waals surface area contributed by atoms with Crippen molar-refractivity contribution in [2.24, 2.45) is 0 Å². The lowest BCUT2D eigenvalue weighted by Gasteiger charge is -2.10. The minimum atomic E-state index is -0.546. The zero-order valence-electron chi connectivity index (χ0n) is 11.1. The first-order valence-corrected chi connectivity index (χ1v) is 6.40. The summed E-state index contributed by atoms with van der Waals surface area (Å²) >= 11 is 0. The van der Waals surface area contributed by atoms with E-state index in [1.807, 2.05) is 6.92 Å². The first-order chi connectivity index (χ1) is 9.70. The van der Waals surface area contributed by atoms with Crippen LogP contribution in [0.2, 0.25) is 0 Å². The van der Waals surface area contributed by atoms with Gasteiger partial charge in [0, 0.05) is 6.54 Å². The van der Waals surface area contributed by atoms with Crippen LogP contribution < -0.4 is 10.6 Å². The molecule has 0 saturated heterocycles. The molecule has 0 aliphatic heterocycles. The van der Waals surface area contributed by atoms with Crippen LogP contribution in [0.25, 0.3) is 0 Å². The highest BCUT2D eigenvalue weighted by molar-refractivity contribution is 5.98. The monoisotopic (exact) mass is 277 g/mol. The van der Waals surface area contributed by atoms with E-state index >= 15 is 0 Å². The Morgan fingerprint density at radius 2 is 2.35 bits per heavy atom. The number of aromatic nitrogens is 1. The van der Waals surface area contributed by atoms with E-state index in [2.05, 4.69) is 15.6 Å². The van der Waals surface area contributed by atoms with E-state index in [1.54, 1.807) is 12.1 Å². The molecule has 20 heavy (non-hydrogen) atoms. The molecule has 2 aromatic heterocycles. The quantitative estimate of drug-likeness (QED) is 0.851. The Morgan fingerprint density at radius 1 is 1.50 bits per heavy atom. The lowest BCUT2D eigenvalue weighted by Crippen LogP contribution is -2.24. The second-order valence-corrected chi connectivity index (χ2v) is 4.24. The third-order valence-electron chi connectivity index (χ3n) is 2.64. The molecule has 0 saturated carbocycles. The number of pyridine rings is 1. The fourth-order valence-corrected chi connectivity index (χ4v) is 1.67. The van der Waals surface area contributed by atoms with E-state index in [-0.39, 0.29) is 12.1 Å². The van der Waals surface area contributed by atoms with Gasteiger partial charge in [-0.1, -0.05) is 6.92 Å². The minimum Gasteiger partial charge on any atom is -0.467 e. The molecule has 2 heterocycles. The lowest BCUT2D eigenvalue weighted by atomic mass is 10.2. The predicted molar refractivity (Wildman–Crippen MR) is 72.9 cm³/mol. The minimum absolute atomic E-state index is 0.185. The Labute approximate surface area is 116 Å². The molecule has 106 valence electrons. The van der Waals surface area contributed by atoms with Gasteiger partial charge in [-0.05, 0) is 24.6 Å². The average molecular weight is 277 g/mol. The number of hydrogen-bond donors (Lipinski definition) is 2. The molecule has 2 N–H and O–H groups in total. The molecule has 2 rings (SSSR count). The number of rotatable bonds is 6. The zero-order chi connectivity index (χ0) is 14.4. The van der Waals surface area contributed by atoms with E-state index in [4.69, 9.17) is 4.42 Å². The van der Waals surface area contributed by atoms with Gasteiger partial charge in [-0.15, -0.1) is 0 Å². The maximum Gasteiger partial charge on any atom is 0.255 e. The molecule has 0 aliphatic rings. The van der Waals surface area contributed by atoms with E-state index in [9.17, 15) is 9.18 Å². The number of amides is 1. The Kier molecular flexibility index (Phi) is 4.70. The van der Waals surface area contributed by atoms with Crippen LogP contribution in [0, 0.1) is 5.82 Å². The number of hydrogen-bond acceptors (Lipinski definition) is 4. The van der Waals surface area contributed by atoms with Crippen molar-refractivity contribution in [1.82, 2.24) is 10.3 Å². The largest absolute Gasteiger partial charge is 0.467 e. The fourth-order valence-electron chi connectivity index (χ4n) is 1.67. The fraction of sp³-hybridized carbons (Fsp3) is 0.286. The van der Waals surface area contributed by atoms with Crippen LogP contribution in [-0.2, 0) is 6.54 Å². The summed E-state index contributed by atoms with van der Waals surface area (Å²) in [4.78, 5) is 16.0. The molecule has 0 fully saturated rings. The summed E-state index contributed by atoms with van der Waals surface area (Å²) in [5.41, 5.74) is 0.185. The van der Waals surface area contributed by atoms with E-state index in [1.165, 1.54) is 12.3 Å². The Balaban J connectivity index is 2.08. The third-order valence-corrected chi connectivity index (χ3v) is 2.64. The summed E-state index contributed by atoms with van der Waals surface area (Å²) in [5.74, 6) is 0.0678. The van der Waals surface area contributed by atoms with Crippen molar-refractivity contribution in [2.45, 2.75) is 19.9 Å². The molecule has 6 heteroatoms. The number of carbonyl (C=O) groups excluding carboxylic acids is 1. The van der Waals surface area contributed by atoms with Crippen LogP contribution in [0.4, 0.5) is 10.2 Å². The van der Waals surface area contributed by atoms with E-state index in [0.717, 1.165) is 12.6 Å². The van der Waals surface area contributed by atoms with Gasteiger partial charge in [-0.25, -0.2) is 9.37 Å². The molecule has 0 radical (unpaired) electrons. The van der Waals surface area contributed by atoms with Crippen LogP contribution in [0.5, 0.6) is 0 Å². The van der Waals surface area contributed by atoms with Gasteiger partial charge < -0.3 is 15.1 Å². The SMILES string of the molecule is CCCNc1ncc(F)cc1C(=O)NCc1ccco1. The zero-order valence-corrected chi connectivity index (χ0v) is 11.1. The highest BCUT2D eigenvalue weighted by Crippen LogP contribution is 2.14. The highest BCUT2D eigenvalue weighted by Gasteiger charge is 2.14. The Hall–Kier alpha value is -2.37. The predicted octanol–water partition coefficient (Wildman–Crippen LogP) is 2.57. The summed E-state index contributed by atoms with van der Waals surface area (Å²) in [5, 5.41) is 5.67. The highest BCUT2D eigenvalue weighted by atomic mass is 19.1. The maximum atomic E-state index is 13.3. The van der Waals surface area contributed by atoms with Crippen LogP contribution in [0.1, 0.15) is 29.5 Å². The number of anilines is 1. The molecule has 0 atom stereocenters. The van der Waals surface area contributed by atoms with Crippen molar-refractivity contribution in [1.29, 1.82) is 0 Å². The van der Waals surface area contributed by atoms with Crippen LogP contribution in [0.3, 0.4) is 0 Å². The lowest BCUT2D eigenvalue weighted by molar-refractivity contribution is 0.0948. The van der Waals surface area contributed by atoms with Gasteiger partial charge in [0.15, 0.2) is 0 Å². The molecule has 5 nitrogen and oxygen atoms in total. The van der Waals surface area contributed by atoms with Crippen molar-refractivity contribution < 1.29 is 13.6 Å². The van der Waals surface area contributed by atoms with Crippen molar-refractivity contribution in [2.75, 3.05) is 11.9 Å². The molecule has 0 spiro atoms. The Morgan fingerprint density at radius 3 is 3.05 bits per heavy atom. The summed E-state index contributed by atoms with van der Waals surface area (Å²) in [6.45, 7) is 2.90. The van der Waals surface area contributed by atoms with Gasteiger partial charge in [0.1, 0.15) is 17.4 Å². The van der Waals surface area contributed by atoms with Crippen molar-refractivity contribution in [3.8, 4) is 0 Å². The number of nitrogens with one attached hydrogen (secondary N) is 2. The summed E-state index contributed by atoms with van der Waals surface area (Å²) < 4.78 is 18.4. The van der Waals surface area contributed by atoms with Gasteiger partial charge in [0.25, 0.3) is 5.91 Å². The first-order valence-electron chi connectivity index (χ1n) is 6.40. The molecule has 0 aliphatic carbocycles. The number of furan rings is 1. The Bertz CT molecular complexity index is 570. The van der Waals surface area contributed by atoms with E-state index in [0.29, 0.717) is 18.1 Å². The third kappa shape index (κ3) is 3.57. The number of halogens is 1. The van der Waals surface area contributed by atoms with Crippen molar-refractivity contribution >= 4 is 11.7 Å². The summed E-state index contributed by atoms with van der Waals surface area (Å²) in [6.07, 6.45) is 3.49. The van der Waals surface area contributed by atoms with Gasteiger partial charge >= 0.3 is 0 Å². The van der Waals surface area contributed by atoms with Crippen molar-refractivity contribution in [3.05, 3.63) is 47.8 Å². The van der Waals surface area contributed by atoms with Crippen LogP contribution in [-0.4, -0.2) is 17.4 Å². The van der Waals surface area contributed by atoms with E-state index < -0.39 is 11.7 Å². The molecule has 1 amide bonds. The summed E-state index contributed by atoms with van der Waals surface area (Å²) in [7, 11) is 0. The van der Waals surface area contributed by atoms with Crippen LogP contribution in [0.15, 0.2) is 35.1 Å². The van der Waals surface area contributed by atoms with Crippen LogP contribution >= 0.6 is 0 Å². The second-order valence-electron chi connectivity index (χ2n) is 4.24. The topological polar surface area (TPSA) is 67.2 Å². The van der Waals surface area contributed by atoms with Gasteiger partial charge in [0.05, 0.1) is 24.6 Å². The summed E-state index contributed by atoms with van der Waals surface area (Å²) in [6, 6.07) is 4.66. The normalized spacial score (nSPS) is 10.3. The molecule has 0 bridgehead atoms. The molecule has 2 aromatic rings. The van der Waals surface area contributed by atoms with Gasteiger partial charge in [0.2, 0.25) is 0 Å². The average Bonchev–Trinajstić information content (AvgIpc) is 2.96. The van der Waals surface area contributed by atoms with Crippen molar-refractivity contribution in [3.63, 3.8) is 0 Å². The number of nitrogens with zero attached hydrogens (tertiary/aromatic N) is 1. The standard InChI is InChI=1S/C14H16FN3O2/c1-2-5-16-13-12(7-10(15)8-17-13)14(19)18-9-11-4-3-6-20-11/h3-4,6-8H,2,5,9H2,1H3,(H,16,17)(H,18,19). The van der Waals surface area contributed by atoms with Gasteiger partial charge in [-0.2, -0.15) is 0 Å². The molecular formula is C14H16FN3O2. The number of carbonyl (C=O) groups is 1. The maximum absolute atomic E-state index is 13.3. The first kappa shape index (κ1) is 14.0. The molecular weight excluding hydrogens is 261 g/mol. The smallest absolute Gasteiger partial charge is 0.255 e.